The van der Waals surface area contributed by atoms with Crippen molar-refractivity contribution in [2.45, 2.75) is 77.0 Å². The summed E-state index contributed by atoms with van der Waals surface area (Å²) in [6, 6.07) is 6.87. The van der Waals surface area contributed by atoms with Crippen molar-refractivity contribution < 1.29 is 9.50 Å². The summed E-state index contributed by atoms with van der Waals surface area (Å²) in [6.45, 7) is 4.46. The van der Waals surface area contributed by atoms with E-state index in [0.29, 0.717) is 23.5 Å². The Hall–Kier alpha value is -3.61. The lowest BCUT2D eigenvalue weighted by Crippen LogP contribution is -2.50. The van der Waals surface area contributed by atoms with Crippen LogP contribution in [0.4, 0.5) is 10.2 Å². The standard InChI is InChI=1S/C25H29FN8O/c1-3-9-25(2)10-8-20(26)21(12-25)34(17-4-5-17)23-14-28-24(31-30-23)19-7-6-18(11-22(19)35)33-15-16(13-27)29-32-33/h6-7,11,14-15,17,20-21,35H,3-5,8-10,12H2,1-2H3/t20-,21+,25+/m0/s1. The van der Waals surface area contributed by atoms with Crippen LogP contribution in [0.3, 0.4) is 0 Å². The van der Waals surface area contributed by atoms with E-state index < -0.39 is 6.17 Å². The maximum absolute atomic E-state index is 15.2. The van der Waals surface area contributed by atoms with Crippen molar-refractivity contribution >= 4 is 5.82 Å². The number of nitrogens with zero attached hydrogens (tertiary/aromatic N) is 8. The van der Waals surface area contributed by atoms with Crippen LogP contribution in [-0.2, 0) is 0 Å². The van der Waals surface area contributed by atoms with Gasteiger partial charge in [0.15, 0.2) is 17.3 Å². The summed E-state index contributed by atoms with van der Waals surface area (Å²) in [7, 11) is 0. The molecule has 1 aromatic carbocycles. The van der Waals surface area contributed by atoms with Gasteiger partial charge in [0.1, 0.15) is 18.0 Å². The van der Waals surface area contributed by atoms with Crippen LogP contribution >= 0.6 is 0 Å². The lowest BCUT2D eigenvalue weighted by molar-refractivity contribution is 0.0994. The predicted octanol–water partition coefficient (Wildman–Crippen LogP) is 4.36. The number of aromatic hydroxyl groups is 1. The molecule has 3 atom stereocenters. The van der Waals surface area contributed by atoms with Gasteiger partial charge in [0.2, 0.25) is 0 Å². The largest absolute Gasteiger partial charge is 0.507 e. The first-order chi connectivity index (χ1) is 16.9. The molecular formula is C25H29FN8O. The zero-order valence-corrected chi connectivity index (χ0v) is 20.0. The van der Waals surface area contributed by atoms with E-state index in [1.807, 2.05) is 6.07 Å². The summed E-state index contributed by atoms with van der Waals surface area (Å²) >= 11 is 0. The van der Waals surface area contributed by atoms with Crippen LogP contribution in [0, 0.1) is 16.7 Å². The molecule has 5 rings (SSSR count). The summed E-state index contributed by atoms with van der Waals surface area (Å²) in [5.41, 5.74) is 1.29. The van der Waals surface area contributed by atoms with Gasteiger partial charge in [-0.1, -0.05) is 25.5 Å². The number of halogens is 1. The number of hydrogen-bond acceptors (Lipinski definition) is 8. The van der Waals surface area contributed by atoms with Gasteiger partial charge in [0.05, 0.1) is 29.7 Å². The van der Waals surface area contributed by atoms with Crippen molar-refractivity contribution in [3.05, 3.63) is 36.3 Å². The highest BCUT2D eigenvalue weighted by molar-refractivity contribution is 5.66. The highest BCUT2D eigenvalue weighted by atomic mass is 19.1. The molecule has 0 saturated heterocycles. The van der Waals surface area contributed by atoms with Gasteiger partial charge in [-0.15, -0.1) is 15.3 Å². The fourth-order valence-corrected chi connectivity index (χ4v) is 5.30. The van der Waals surface area contributed by atoms with Gasteiger partial charge in [-0.3, -0.25) is 0 Å². The molecule has 1 N–H and O–H groups in total. The lowest BCUT2D eigenvalue weighted by Gasteiger charge is -2.45. The Morgan fingerprint density at radius 1 is 1.26 bits per heavy atom. The summed E-state index contributed by atoms with van der Waals surface area (Å²) in [5, 5.41) is 35.9. The normalized spacial score (nSPS) is 24.2. The van der Waals surface area contributed by atoms with Gasteiger partial charge in [-0.2, -0.15) is 5.26 Å². The van der Waals surface area contributed by atoms with Gasteiger partial charge in [-0.25, -0.2) is 14.1 Å². The summed E-state index contributed by atoms with van der Waals surface area (Å²) < 4.78 is 16.6. The Labute approximate surface area is 203 Å². The number of rotatable bonds is 7. The van der Waals surface area contributed by atoms with Crippen LogP contribution in [0.1, 0.15) is 64.5 Å². The zero-order valence-electron chi connectivity index (χ0n) is 20.0. The molecule has 0 unspecified atom stereocenters. The first-order valence-corrected chi connectivity index (χ1v) is 12.2. The molecule has 0 amide bonds. The molecule has 10 heteroatoms. The van der Waals surface area contributed by atoms with Crippen molar-refractivity contribution in [1.82, 2.24) is 30.2 Å². The third kappa shape index (κ3) is 4.67. The first kappa shape index (κ1) is 23.1. The number of aromatic nitrogens is 6. The first-order valence-electron chi connectivity index (χ1n) is 12.2. The van der Waals surface area contributed by atoms with E-state index in [1.165, 1.54) is 16.9 Å². The summed E-state index contributed by atoms with van der Waals surface area (Å²) in [4.78, 5) is 6.59. The second-order valence-electron chi connectivity index (χ2n) is 10.0. The van der Waals surface area contributed by atoms with Gasteiger partial charge < -0.3 is 10.0 Å². The van der Waals surface area contributed by atoms with Crippen LogP contribution in [0.5, 0.6) is 5.75 Å². The van der Waals surface area contributed by atoms with E-state index in [9.17, 15) is 5.11 Å². The van der Waals surface area contributed by atoms with Crippen molar-refractivity contribution in [2.24, 2.45) is 5.41 Å². The third-order valence-corrected chi connectivity index (χ3v) is 7.20. The topological polar surface area (TPSA) is 117 Å². The highest BCUT2D eigenvalue weighted by Gasteiger charge is 2.45. The van der Waals surface area contributed by atoms with Crippen molar-refractivity contribution in [2.75, 3.05) is 4.90 Å². The Morgan fingerprint density at radius 2 is 2.09 bits per heavy atom. The fourth-order valence-electron chi connectivity index (χ4n) is 5.30. The highest BCUT2D eigenvalue weighted by Crippen LogP contribution is 2.46. The van der Waals surface area contributed by atoms with Gasteiger partial charge >= 0.3 is 0 Å². The SMILES string of the molecule is CCC[C@]1(C)CC[C@H](F)[C@H](N(c2cnc(-c3ccc(-n4cc(C#N)nn4)cc3O)nn2)C2CC2)C1. The van der Waals surface area contributed by atoms with E-state index in [1.54, 1.807) is 18.3 Å². The summed E-state index contributed by atoms with van der Waals surface area (Å²) in [5.74, 6) is 0.824. The molecule has 182 valence electrons. The zero-order chi connectivity index (χ0) is 24.6. The quantitative estimate of drug-likeness (QED) is 0.534. The minimum Gasteiger partial charge on any atom is -0.507 e. The van der Waals surface area contributed by atoms with E-state index in [4.69, 9.17) is 5.26 Å². The molecule has 2 heterocycles. The average Bonchev–Trinajstić information content (AvgIpc) is 3.57. The maximum Gasteiger partial charge on any atom is 0.185 e. The number of nitriles is 1. The summed E-state index contributed by atoms with van der Waals surface area (Å²) in [6.07, 6.45) is 8.76. The van der Waals surface area contributed by atoms with Crippen molar-refractivity contribution in [3.8, 4) is 28.9 Å². The molecule has 2 aliphatic carbocycles. The second-order valence-corrected chi connectivity index (χ2v) is 10.0. The number of phenols is 1. The van der Waals surface area contributed by atoms with Crippen LogP contribution in [0.25, 0.3) is 17.1 Å². The van der Waals surface area contributed by atoms with E-state index in [2.05, 4.69) is 44.2 Å². The van der Waals surface area contributed by atoms with Gasteiger partial charge in [0, 0.05) is 12.1 Å². The number of benzene rings is 1. The minimum atomic E-state index is -0.892. The van der Waals surface area contributed by atoms with E-state index in [-0.39, 0.29) is 34.8 Å². The third-order valence-electron chi connectivity index (χ3n) is 7.20. The number of anilines is 1. The molecule has 0 radical (unpaired) electrons. The van der Waals surface area contributed by atoms with Crippen LogP contribution in [0.15, 0.2) is 30.6 Å². The maximum atomic E-state index is 15.2. The van der Waals surface area contributed by atoms with Crippen LogP contribution in [-0.4, -0.2) is 53.5 Å². The lowest BCUT2D eigenvalue weighted by atomic mass is 9.70. The number of alkyl halides is 1. The molecule has 2 fully saturated rings. The molecule has 0 aliphatic heterocycles. The average molecular weight is 477 g/mol. The molecule has 2 aromatic heterocycles. The van der Waals surface area contributed by atoms with Crippen molar-refractivity contribution in [3.63, 3.8) is 0 Å². The Balaban J connectivity index is 1.39. The minimum absolute atomic E-state index is 0.0449. The van der Waals surface area contributed by atoms with E-state index >= 15 is 4.39 Å². The Kier molecular flexibility index (Phi) is 6.09. The van der Waals surface area contributed by atoms with Crippen LogP contribution < -0.4 is 4.90 Å². The molecule has 0 bridgehead atoms. The number of phenolic OH excluding ortho intramolecular Hbond substituents is 1. The Bertz CT molecular complexity index is 1240. The molecule has 9 nitrogen and oxygen atoms in total. The van der Waals surface area contributed by atoms with E-state index in [0.717, 1.165) is 38.5 Å². The second kappa shape index (κ2) is 9.21. The smallest absolute Gasteiger partial charge is 0.185 e. The molecule has 2 saturated carbocycles. The molecule has 0 spiro atoms. The molecule has 2 aliphatic rings. The fraction of sp³-hybridized carbons (Fsp3) is 0.520. The van der Waals surface area contributed by atoms with Gasteiger partial charge in [0.25, 0.3) is 0 Å². The predicted molar refractivity (Wildman–Crippen MR) is 128 cm³/mol. The molecule has 35 heavy (non-hydrogen) atoms. The Morgan fingerprint density at radius 3 is 2.71 bits per heavy atom. The molecular weight excluding hydrogens is 447 g/mol. The number of hydrogen-bond donors (Lipinski definition) is 1. The van der Waals surface area contributed by atoms with Crippen LogP contribution in [0.2, 0.25) is 0 Å². The van der Waals surface area contributed by atoms with Gasteiger partial charge in [-0.05, 0) is 56.1 Å². The van der Waals surface area contributed by atoms with Crippen molar-refractivity contribution in [1.29, 1.82) is 5.26 Å². The molecule has 3 aromatic rings. The monoisotopic (exact) mass is 476 g/mol.